The molecule has 1 heterocycles. The molecule has 1 N–H and O–H groups in total. The molecule has 1 aromatic carbocycles. The summed E-state index contributed by atoms with van der Waals surface area (Å²) < 4.78 is 0. The van der Waals surface area contributed by atoms with Gasteiger partial charge < -0.3 is 5.11 Å². The first-order chi connectivity index (χ1) is 9.27. The van der Waals surface area contributed by atoms with Crippen molar-refractivity contribution >= 4 is 11.3 Å². The highest BCUT2D eigenvalue weighted by atomic mass is 32.1. The Morgan fingerprint density at radius 2 is 1.95 bits per heavy atom. The van der Waals surface area contributed by atoms with Crippen LogP contribution in [0.15, 0.2) is 47.8 Å². The van der Waals surface area contributed by atoms with Crippen molar-refractivity contribution in [2.45, 2.75) is 31.8 Å². The van der Waals surface area contributed by atoms with Crippen LogP contribution in [0.4, 0.5) is 0 Å². The summed E-state index contributed by atoms with van der Waals surface area (Å²) in [5.41, 5.74) is -0.343. The number of thiophene rings is 1. The molecule has 1 nitrogen and oxygen atoms in total. The van der Waals surface area contributed by atoms with Gasteiger partial charge in [-0.05, 0) is 17.9 Å². The molecule has 0 fully saturated rings. The van der Waals surface area contributed by atoms with Crippen molar-refractivity contribution in [2.24, 2.45) is 0 Å². The third-order valence-electron chi connectivity index (χ3n) is 2.99. The van der Waals surface area contributed by atoms with Gasteiger partial charge in [-0.25, -0.2) is 0 Å². The maximum Gasteiger partial charge on any atom is 0.186 e. The predicted molar refractivity (Wildman–Crippen MR) is 81.1 cm³/mol. The third-order valence-corrected chi connectivity index (χ3v) is 3.97. The van der Waals surface area contributed by atoms with Gasteiger partial charge in [0, 0.05) is 12.0 Å². The Morgan fingerprint density at radius 3 is 2.58 bits per heavy atom. The highest BCUT2D eigenvalue weighted by Crippen LogP contribution is 2.32. The molecule has 19 heavy (non-hydrogen) atoms. The minimum atomic E-state index is -1.18. The summed E-state index contributed by atoms with van der Waals surface area (Å²) in [7, 11) is 0. The van der Waals surface area contributed by atoms with E-state index in [1.165, 1.54) is 11.3 Å². The van der Waals surface area contributed by atoms with Crippen LogP contribution in [0, 0.1) is 11.8 Å². The zero-order valence-electron chi connectivity index (χ0n) is 11.1. The van der Waals surface area contributed by atoms with Crippen LogP contribution in [-0.2, 0) is 5.60 Å². The summed E-state index contributed by atoms with van der Waals surface area (Å²) in [6.45, 7) is 2.14. The van der Waals surface area contributed by atoms with Crippen LogP contribution in [-0.4, -0.2) is 5.11 Å². The second-order valence-corrected chi connectivity index (χ2v) is 5.41. The molecule has 2 aromatic rings. The minimum absolute atomic E-state index is 0.830. The molecule has 1 atom stereocenters. The number of aliphatic hydroxyl groups is 1. The second-order valence-electron chi connectivity index (χ2n) is 4.46. The predicted octanol–water partition coefficient (Wildman–Crippen LogP) is 4.18. The largest absolute Gasteiger partial charge is 0.369 e. The maximum absolute atomic E-state index is 11.0. The Labute approximate surface area is 118 Å². The van der Waals surface area contributed by atoms with Crippen LogP contribution in [0.2, 0.25) is 0 Å². The van der Waals surface area contributed by atoms with E-state index in [2.05, 4.69) is 18.8 Å². The highest BCUT2D eigenvalue weighted by Gasteiger charge is 2.30. The normalized spacial score (nSPS) is 13.4. The number of hydrogen-bond donors (Lipinski definition) is 1. The fourth-order valence-corrected chi connectivity index (χ4v) is 2.70. The number of rotatable bonds is 4. The van der Waals surface area contributed by atoms with Gasteiger partial charge >= 0.3 is 0 Å². The lowest BCUT2D eigenvalue weighted by molar-refractivity contribution is 0.149. The van der Waals surface area contributed by atoms with Crippen LogP contribution in [0.5, 0.6) is 0 Å². The fourth-order valence-electron chi connectivity index (χ4n) is 1.90. The number of benzene rings is 1. The molecule has 0 radical (unpaired) electrons. The number of hydrogen-bond acceptors (Lipinski definition) is 2. The molecular weight excluding hydrogens is 252 g/mol. The van der Waals surface area contributed by atoms with E-state index in [1.807, 2.05) is 47.8 Å². The monoisotopic (exact) mass is 270 g/mol. The Bertz CT molecular complexity index is 548. The van der Waals surface area contributed by atoms with Crippen LogP contribution < -0.4 is 0 Å². The van der Waals surface area contributed by atoms with Crippen molar-refractivity contribution in [3.05, 3.63) is 58.3 Å². The van der Waals surface area contributed by atoms with Crippen molar-refractivity contribution in [1.29, 1.82) is 0 Å². The maximum atomic E-state index is 11.0. The Kier molecular flexibility index (Phi) is 4.79. The van der Waals surface area contributed by atoms with Gasteiger partial charge in [-0.2, -0.15) is 0 Å². The SMILES string of the molecule is CCCCC#CC(O)(c1ccccc1)c1cccs1. The molecular formula is C17H18OS. The Balaban J connectivity index is 2.36. The summed E-state index contributed by atoms with van der Waals surface area (Å²) in [5.74, 6) is 6.19. The molecule has 0 aliphatic heterocycles. The molecule has 1 unspecified atom stereocenters. The van der Waals surface area contributed by atoms with Crippen molar-refractivity contribution in [2.75, 3.05) is 0 Å². The number of unbranched alkanes of at least 4 members (excludes halogenated alkanes) is 2. The van der Waals surface area contributed by atoms with Gasteiger partial charge in [0.05, 0.1) is 4.88 Å². The molecule has 0 saturated heterocycles. The topological polar surface area (TPSA) is 20.2 Å². The van der Waals surface area contributed by atoms with Gasteiger partial charge in [0.1, 0.15) is 0 Å². The molecule has 0 bridgehead atoms. The summed E-state index contributed by atoms with van der Waals surface area (Å²) in [6, 6.07) is 13.5. The first-order valence-electron chi connectivity index (χ1n) is 6.59. The first kappa shape index (κ1) is 13.9. The van der Waals surface area contributed by atoms with Crippen molar-refractivity contribution in [1.82, 2.24) is 0 Å². The van der Waals surface area contributed by atoms with E-state index in [-0.39, 0.29) is 0 Å². The Hall–Kier alpha value is -1.56. The standard InChI is InChI=1S/C17H18OS/c1-2-3-4-8-13-17(18,16-12-9-14-19-16)15-10-6-5-7-11-15/h5-7,9-12,14,18H,2-4H2,1H3. The van der Waals surface area contributed by atoms with Gasteiger partial charge in [0.25, 0.3) is 0 Å². The zero-order valence-corrected chi connectivity index (χ0v) is 11.9. The van der Waals surface area contributed by atoms with Crippen molar-refractivity contribution in [3.8, 4) is 11.8 Å². The molecule has 0 aliphatic rings. The molecule has 98 valence electrons. The van der Waals surface area contributed by atoms with E-state index < -0.39 is 5.60 Å². The van der Waals surface area contributed by atoms with Gasteiger partial charge in [-0.3, -0.25) is 0 Å². The van der Waals surface area contributed by atoms with Crippen LogP contribution in [0.25, 0.3) is 0 Å². The highest BCUT2D eigenvalue weighted by molar-refractivity contribution is 7.10. The zero-order chi connectivity index (χ0) is 13.6. The molecule has 0 spiro atoms. The van der Waals surface area contributed by atoms with Crippen molar-refractivity contribution in [3.63, 3.8) is 0 Å². The molecule has 2 rings (SSSR count). The molecule has 0 saturated carbocycles. The minimum Gasteiger partial charge on any atom is -0.369 e. The van der Waals surface area contributed by atoms with E-state index in [0.29, 0.717) is 0 Å². The lowest BCUT2D eigenvalue weighted by Gasteiger charge is -2.21. The van der Waals surface area contributed by atoms with Gasteiger partial charge in [0.15, 0.2) is 5.60 Å². The summed E-state index contributed by atoms with van der Waals surface area (Å²) in [4.78, 5) is 0.877. The van der Waals surface area contributed by atoms with E-state index in [1.54, 1.807) is 0 Å². The van der Waals surface area contributed by atoms with E-state index in [9.17, 15) is 5.11 Å². The van der Waals surface area contributed by atoms with Crippen LogP contribution in [0.3, 0.4) is 0 Å². The van der Waals surface area contributed by atoms with Crippen molar-refractivity contribution < 1.29 is 5.11 Å². The van der Waals surface area contributed by atoms with Gasteiger partial charge in [-0.15, -0.1) is 11.3 Å². The summed E-state index contributed by atoms with van der Waals surface area (Å²) >= 11 is 1.54. The summed E-state index contributed by atoms with van der Waals surface area (Å²) in [5, 5.41) is 12.9. The smallest absolute Gasteiger partial charge is 0.186 e. The van der Waals surface area contributed by atoms with Crippen LogP contribution >= 0.6 is 11.3 Å². The van der Waals surface area contributed by atoms with Gasteiger partial charge in [0.2, 0.25) is 0 Å². The molecule has 1 aromatic heterocycles. The van der Waals surface area contributed by atoms with E-state index in [0.717, 1.165) is 29.7 Å². The lowest BCUT2D eigenvalue weighted by atomic mass is 9.92. The van der Waals surface area contributed by atoms with Crippen LogP contribution in [0.1, 0.15) is 36.6 Å². The first-order valence-corrected chi connectivity index (χ1v) is 7.47. The quantitative estimate of drug-likeness (QED) is 0.653. The Morgan fingerprint density at radius 1 is 1.16 bits per heavy atom. The average molecular weight is 270 g/mol. The molecule has 0 aliphatic carbocycles. The lowest BCUT2D eigenvalue weighted by Crippen LogP contribution is -2.23. The average Bonchev–Trinajstić information content (AvgIpc) is 2.99. The second kappa shape index (κ2) is 6.56. The van der Waals surface area contributed by atoms with Gasteiger partial charge in [-0.1, -0.05) is 61.6 Å². The third kappa shape index (κ3) is 3.26. The van der Waals surface area contributed by atoms with E-state index >= 15 is 0 Å². The summed E-state index contributed by atoms with van der Waals surface area (Å²) in [6.07, 6.45) is 3.02. The molecule has 2 heteroatoms. The molecule has 0 amide bonds. The fraction of sp³-hybridized carbons (Fsp3) is 0.294. The van der Waals surface area contributed by atoms with E-state index in [4.69, 9.17) is 0 Å².